The van der Waals surface area contributed by atoms with Crippen LogP contribution in [0.2, 0.25) is 0 Å². The summed E-state index contributed by atoms with van der Waals surface area (Å²) in [5.74, 6) is -5.64. The number of benzene rings is 4. The normalized spacial score (nSPS) is 14.9. The van der Waals surface area contributed by atoms with Crippen LogP contribution in [-0.2, 0) is 14.5 Å². The third kappa shape index (κ3) is 16.5. The molecule has 16 aromatic rings. The van der Waals surface area contributed by atoms with E-state index in [9.17, 15) is 26.7 Å². The minimum atomic E-state index is -0.774. The molecule has 0 spiro atoms. The Morgan fingerprint density at radius 3 is 0.824 bits per heavy atom. The Labute approximate surface area is 671 Å². The molecular weight excluding hydrogens is 1550 g/mol. The monoisotopic (exact) mass is 1620 g/mol. The number of aromatic nitrogens is 20. The first-order valence-corrected chi connectivity index (χ1v) is 38.4. The number of Topliss-reactive ketones (excluding diaryl/α,β-unsaturated/α-hetero) is 1. The number of fused-ring (bicyclic) bond motifs is 8. The fourth-order valence-electron chi connectivity index (χ4n) is 13.5. The summed E-state index contributed by atoms with van der Waals surface area (Å²) in [6.45, 7) is 15.2. The lowest BCUT2D eigenvalue weighted by Crippen LogP contribution is -2.11. The van der Waals surface area contributed by atoms with E-state index in [4.69, 9.17) is 14.5 Å². The number of hydrogen-bond donors (Lipinski definition) is 0. The van der Waals surface area contributed by atoms with Crippen molar-refractivity contribution in [3.8, 4) is 0 Å². The molecule has 4 atom stereocenters. The average molecular weight is 1620 g/mol. The lowest BCUT2D eigenvalue weighted by atomic mass is 9.97. The van der Waals surface area contributed by atoms with Gasteiger partial charge < -0.3 is 14.5 Å². The van der Waals surface area contributed by atoms with E-state index in [0.29, 0.717) is 112 Å². The van der Waals surface area contributed by atoms with Crippen LogP contribution < -0.4 is 0 Å². The number of halogens is 8. The second-order valence-electron chi connectivity index (χ2n) is 29.5. The van der Waals surface area contributed by atoms with E-state index in [2.05, 4.69) is 96.6 Å². The minimum Gasteiger partial charge on any atom is -0.395 e. The van der Waals surface area contributed by atoms with Crippen molar-refractivity contribution in [1.82, 2.24) is 99.2 Å². The highest BCUT2D eigenvalue weighted by molar-refractivity contribution is 5.98. The Morgan fingerprint density at radius 1 is 0.353 bits per heavy atom. The lowest BCUT2D eigenvalue weighted by molar-refractivity contribution is 0.101. The van der Waals surface area contributed by atoms with Crippen molar-refractivity contribution >= 4 is 89.1 Å². The van der Waals surface area contributed by atoms with Crippen molar-refractivity contribution in [3.05, 3.63) is 261 Å². The molecule has 12 heterocycles. The van der Waals surface area contributed by atoms with Gasteiger partial charge in [-0.2, -0.15) is 38.5 Å². The largest absolute Gasteiger partial charge is 0.395 e. The van der Waals surface area contributed by atoms with Gasteiger partial charge in [0.15, 0.2) is 51.7 Å². The first-order chi connectivity index (χ1) is 57.5. The van der Waals surface area contributed by atoms with Crippen LogP contribution in [0.3, 0.4) is 0 Å². The highest BCUT2D eigenvalue weighted by Crippen LogP contribution is 2.38. The summed E-state index contributed by atoms with van der Waals surface area (Å²) in [5.41, 5.74) is 6.12. The number of nitrogens with zero attached hydrogens (tertiary/aromatic N) is 23. The standard InChI is InChI=1S/3C22H20F2N6O.C18H13F2N5O/c3*1-12(20-16(23)10-18-15(21(20)24)4-3-9-25-18)22-27-26-19-8-7-17(28-30(19)22)13(2)29-31-11-14-5-6-14;1-9(16-12(19)8-14-11(17(16)20)4-3-7-21-14)18-23-22-15-6-5-13(10(2)26)24-25(15)18/h3*3-4,7-10,12,14H,5-6,11H2,1-2H3;3-9H,1-2H3/b3*29-13+;/t2*12-;;/m10../s1. The van der Waals surface area contributed by atoms with Gasteiger partial charge >= 0.3 is 0 Å². The zero-order valence-corrected chi connectivity index (χ0v) is 65.2. The number of oxime groups is 3. The third-order valence-corrected chi connectivity index (χ3v) is 20.9. The zero-order valence-electron chi connectivity index (χ0n) is 65.2. The molecule has 0 N–H and O–H groups in total. The van der Waals surface area contributed by atoms with Gasteiger partial charge in [-0.1, -0.05) is 43.2 Å². The number of rotatable bonds is 21. The van der Waals surface area contributed by atoms with Crippen LogP contribution in [0.15, 0.2) is 162 Å². The smallest absolute Gasteiger partial charge is 0.179 e. The molecule has 19 rings (SSSR count). The summed E-state index contributed by atoms with van der Waals surface area (Å²) >= 11 is 0. The maximum Gasteiger partial charge on any atom is 0.179 e. The highest BCUT2D eigenvalue weighted by Gasteiger charge is 2.32. The fourth-order valence-corrected chi connectivity index (χ4v) is 13.5. The molecule has 0 radical (unpaired) electrons. The second-order valence-corrected chi connectivity index (χ2v) is 29.5. The van der Waals surface area contributed by atoms with Gasteiger partial charge in [0.2, 0.25) is 0 Å². The predicted molar refractivity (Wildman–Crippen MR) is 422 cm³/mol. The van der Waals surface area contributed by atoms with E-state index in [1.807, 2.05) is 0 Å². The molecule has 2 unspecified atom stereocenters. The molecule has 3 saturated carbocycles. The summed E-state index contributed by atoms with van der Waals surface area (Å²) < 4.78 is 126. The van der Waals surface area contributed by atoms with Crippen LogP contribution in [-0.4, -0.2) is 142 Å². The summed E-state index contributed by atoms with van der Waals surface area (Å²) in [5, 5.41) is 64.0. The Bertz CT molecular complexity index is 6220. The van der Waals surface area contributed by atoms with Gasteiger partial charge in [0, 0.05) is 123 Å². The molecule has 3 aliphatic rings. The predicted octanol–water partition coefficient (Wildman–Crippen LogP) is 16.1. The molecule has 0 bridgehead atoms. The molecule has 4 aromatic carbocycles. The first-order valence-electron chi connectivity index (χ1n) is 38.4. The number of hydrogen-bond acceptors (Lipinski definition) is 23. The fraction of sp³-hybridized carbons (Fsp3) is 0.286. The van der Waals surface area contributed by atoms with E-state index in [0.717, 1.165) is 0 Å². The van der Waals surface area contributed by atoms with Gasteiger partial charge in [-0.3, -0.25) is 24.7 Å². The summed E-state index contributed by atoms with van der Waals surface area (Å²) in [6.07, 6.45) is 13.1. The van der Waals surface area contributed by atoms with Gasteiger partial charge in [-0.05, 0) is 174 Å². The maximum absolute atomic E-state index is 15.2. The number of pyridine rings is 4. The minimum absolute atomic E-state index is 0.0971. The quantitative estimate of drug-likeness (QED) is 0.0279. The van der Waals surface area contributed by atoms with E-state index in [1.54, 1.807) is 139 Å². The topological polar surface area (TPSA) is 306 Å². The van der Waals surface area contributed by atoms with Gasteiger partial charge in [0.05, 0.1) is 22.1 Å². The lowest BCUT2D eigenvalue weighted by Gasteiger charge is -2.14. The molecule has 0 aliphatic heterocycles. The van der Waals surface area contributed by atoms with Crippen molar-refractivity contribution < 1.29 is 54.4 Å². The van der Waals surface area contributed by atoms with Crippen LogP contribution in [0, 0.1) is 64.3 Å². The second kappa shape index (κ2) is 33.5. The Morgan fingerprint density at radius 2 is 0.588 bits per heavy atom. The first kappa shape index (κ1) is 79.1. The van der Waals surface area contributed by atoms with Crippen LogP contribution >= 0.6 is 0 Å². The molecule has 604 valence electrons. The third-order valence-electron chi connectivity index (χ3n) is 20.9. The van der Waals surface area contributed by atoms with E-state index < -0.39 is 70.2 Å². The maximum atomic E-state index is 15.2. The molecule has 119 heavy (non-hydrogen) atoms. The van der Waals surface area contributed by atoms with Crippen LogP contribution in [0.25, 0.3) is 66.2 Å². The van der Waals surface area contributed by atoms with Gasteiger partial charge in [0.1, 0.15) is 106 Å². The van der Waals surface area contributed by atoms with E-state index in [1.165, 1.54) is 119 Å². The van der Waals surface area contributed by atoms with Crippen molar-refractivity contribution in [3.63, 3.8) is 0 Å². The molecule has 35 heteroatoms. The molecule has 27 nitrogen and oxygen atoms in total. The molecule has 0 saturated heterocycles. The molecule has 0 amide bonds. The summed E-state index contributed by atoms with van der Waals surface area (Å²) in [4.78, 5) is 43.8. The van der Waals surface area contributed by atoms with E-state index in [-0.39, 0.29) is 83.2 Å². The van der Waals surface area contributed by atoms with Crippen molar-refractivity contribution in [2.45, 2.75) is 118 Å². The Kier molecular flexibility index (Phi) is 22.2. The number of ketones is 1. The highest BCUT2D eigenvalue weighted by atomic mass is 19.2. The molecule has 12 aromatic heterocycles. The molecular formula is C84H73F8N23O4. The number of carbonyl (C=O) groups is 1. The Balaban J connectivity index is 0.000000119. The van der Waals surface area contributed by atoms with E-state index >= 15 is 13.2 Å². The molecule has 3 aliphatic carbocycles. The van der Waals surface area contributed by atoms with Crippen LogP contribution in [0.4, 0.5) is 35.1 Å². The van der Waals surface area contributed by atoms with Crippen LogP contribution in [0.5, 0.6) is 0 Å². The van der Waals surface area contributed by atoms with Crippen molar-refractivity contribution in [1.29, 1.82) is 0 Å². The van der Waals surface area contributed by atoms with Gasteiger partial charge in [0.25, 0.3) is 0 Å². The Hall–Kier alpha value is -13.8. The number of carbonyl (C=O) groups excluding carboxylic acids is 1. The average Bonchev–Trinajstić information content (AvgIpc) is 1.76. The zero-order chi connectivity index (χ0) is 83.0. The SMILES string of the molecule is C/C(=N\OCC1CC1)c1ccc2nnc(C(C)c3c(F)cc4ncccc4c3F)n2n1.C/C(=N\OCC1CC1)c1ccc2nnc([C@@H](C)c3c(F)cc4ncccc4c3F)n2n1.C/C(=N\OCC1CC1)c1ccc2nnc([C@H](C)c3c(F)cc4ncccc4c3F)n2n1.CC(=O)c1ccc2nnc(C(C)c3c(F)cc4ncccc4c3F)n2n1. The summed E-state index contributed by atoms with van der Waals surface area (Å²) in [6, 6.07) is 31.2. The van der Waals surface area contributed by atoms with Crippen molar-refractivity contribution in [2.24, 2.45) is 33.2 Å². The summed E-state index contributed by atoms with van der Waals surface area (Å²) in [7, 11) is 0. The van der Waals surface area contributed by atoms with Crippen molar-refractivity contribution in [2.75, 3.05) is 19.8 Å². The molecule has 3 fully saturated rings. The van der Waals surface area contributed by atoms with Crippen LogP contribution in [0.1, 0.15) is 191 Å². The van der Waals surface area contributed by atoms with Gasteiger partial charge in [-0.25, -0.2) is 35.1 Å². The van der Waals surface area contributed by atoms with Gasteiger partial charge in [-0.15, -0.1) is 40.8 Å².